The summed E-state index contributed by atoms with van der Waals surface area (Å²) < 4.78 is 10.3. The van der Waals surface area contributed by atoms with Gasteiger partial charge in [-0.2, -0.15) is 5.10 Å². The van der Waals surface area contributed by atoms with Crippen molar-refractivity contribution in [1.82, 2.24) is 61.1 Å². The maximum absolute atomic E-state index is 15.0. The fourth-order valence-electron chi connectivity index (χ4n) is 17.3. The third-order valence-electron chi connectivity index (χ3n) is 20.6. The van der Waals surface area contributed by atoms with Crippen LogP contribution in [0.2, 0.25) is 0 Å². The Morgan fingerprint density at radius 2 is 1.63 bits per heavy atom. The topological polar surface area (TPSA) is 247 Å². The Bertz CT molecular complexity index is 3890. The van der Waals surface area contributed by atoms with Gasteiger partial charge < -0.3 is 40.9 Å². The number of aliphatic hydroxyl groups excluding tert-OH is 1. The molecule has 22 heteroatoms. The van der Waals surface area contributed by atoms with E-state index in [0.717, 1.165) is 111 Å². The standard InChI is InChI=1S/C70H88N14O6S2/c1-41-49-17-14-28-82(61(49)81-80-60(41)79-65-76-52-18-12-13-19-54(52)92-65)55-25-24-50(51-30-74-84(44(51)4)38-69-33-67(8)32-68(9,34-69)36-70(35-67,37-69)90-39-72-47-15-10-11-16-47)57(77-55)63(88)71-27-26-56(86)78-59(66(5,6)7)64(89)83-31-48(85)29-53(83)62(87)75-42(2)45-20-22-46(23-21-45)58-43(3)73-40-91-58/h12-13,18-25,30,40,42,47-48,53,59,72,85H,10-11,14-17,26-29,31-39H2,1-9H3,(H,71,88)(H,75,87)(H,78,86)(H,76,79,80)/t42-,48+,53+,59-,67?,68?,69?,70?/m1/s1. The Labute approximate surface area is 546 Å². The van der Waals surface area contributed by atoms with Crippen LogP contribution in [0.25, 0.3) is 31.8 Å². The Morgan fingerprint density at radius 1 is 0.870 bits per heavy atom. The fraction of sp³-hybridized carbons (Fsp3) is 0.543. The van der Waals surface area contributed by atoms with Crippen LogP contribution in [-0.4, -0.2) is 125 Å². The highest BCUT2D eigenvalue weighted by Crippen LogP contribution is 2.72. The number of aryl methyl sites for hydroxylation is 1. The SMILES string of the molecule is Cc1ncsc1-c1ccc([C@@H](C)NC(=O)[C@@H]2C[C@H](O)CN2C(=O)[C@@H](NC(=O)CCNC(=O)c2nc(N3CCCc4c3nnc(Nc3nc5ccccc5s3)c4C)ccc2-c2cnn(CC34CC5(C)CC(C)(C3)CC(OCNC3CCCC3)(C5)C4)c2C)C(C)(C)C)cc1. The molecule has 4 amide bonds. The second-order valence-corrected chi connectivity index (χ2v) is 31.3. The summed E-state index contributed by atoms with van der Waals surface area (Å²) in [6.07, 6.45) is 14.0. The summed E-state index contributed by atoms with van der Waals surface area (Å²) in [5.41, 5.74) is 9.39. The highest BCUT2D eigenvalue weighted by Gasteiger charge is 2.66. The number of likely N-dealkylation sites (tertiary alicyclic amines) is 1. The molecule has 0 radical (unpaired) electrons. The van der Waals surface area contributed by atoms with Gasteiger partial charge in [0, 0.05) is 73.0 Å². The van der Waals surface area contributed by atoms with Crippen LogP contribution in [0.1, 0.15) is 170 Å². The zero-order valence-corrected chi connectivity index (χ0v) is 56.2. The fourth-order valence-corrected chi connectivity index (χ4v) is 19.0. The number of fused-ring (bicyclic) bond motifs is 2. The molecule has 5 aromatic heterocycles. The van der Waals surface area contributed by atoms with Crippen molar-refractivity contribution in [3.8, 4) is 21.6 Å². The van der Waals surface area contributed by atoms with Crippen LogP contribution in [0, 0.1) is 42.4 Å². The van der Waals surface area contributed by atoms with E-state index in [1.807, 2.05) is 119 Å². The Hall–Kier alpha value is -7.24. The first-order chi connectivity index (χ1) is 43.9. The number of para-hydroxylation sites is 1. The third kappa shape index (κ3) is 12.8. The molecule has 2 aliphatic heterocycles. The van der Waals surface area contributed by atoms with Crippen LogP contribution in [-0.2, 0) is 32.1 Å². The minimum atomic E-state index is -1.06. The molecule has 1 saturated heterocycles. The summed E-state index contributed by atoms with van der Waals surface area (Å²) in [6.45, 7) is 20.3. The molecule has 5 aliphatic carbocycles. The van der Waals surface area contributed by atoms with E-state index in [9.17, 15) is 19.5 Å². The number of β-amino-alcohol motifs (C(OH)–C–C–N with tert-alkyl or cyclic N) is 1. The van der Waals surface area contributed by atoms with Gasteiger partial charge in [-0.25, -0.2) is 15.0 Å². The van der Waals surface area contributed by atoms with Crippen LogP contribution < -0.4 is 31.5 Å². The maximum atomic E-state index is 15.0. The first-order valence-electron chi connectivity index (χ1n) is 33.0. The second-order valence-electron chi connectivity index (χ2n) is 29.4. The lowest BCUT2D eigenvalue weighted by Gasteiger charge is -2.69. The van der Waals surface area contributed by atoms with Crippen LogP contribution in [0.4, 0.5) is 22.6 Å². The summed E-state index contributed by atoms with van der Waals surface area (Å²) >= 11 is 3.13. The molecule has 7 heterocycles. The minimum absolute atomic E-state index is 0.0228. The van der Waals surface area contributed by atoms with E-state index >= 15 is 4.79 Å². The van der Waals surface area contributed by atoms with E-state index in [4.69, 9.17) is 30.0 Å². The van der Waals surface area contributed by atoms with Crippen molar-refractivity contribution in [3.05, 3.63) is 106 Å². The number of nitrogens with one attached hydrogen (secondary N) is 5. The number of aromatic nitrogens is 7. The summed E-state index contributed by atoms with van der Waals surface area (Å²) in [4.78, 5) is 76.8. The zero-order valence-electron chi connectivity index (χ0n) is 54.6. The van der Waals surface area contributed by atoms with Crippen molar-refractivity contribution >= 4 is 79.1 Å². The lowest BCUT2D eigenvalue weighted by molar-refractivity contribution is -0.250. The van der Waals surface area contributed by atoms with Gasteiger partial charge in [-0.3, -0.25) is 29.2 Å². The van der Waals surface area contributed by atoms with Crippen molar-refractivity contribution in [3.63, 3.8) is 0 Å². The lowest BCUT2D eigenvalue weighted by atomic mass is 9.39. The van der Waals surface area contributed by atoms with E-state index in [-0.39, 0.29) is 53.5 Å². The van der Waals surface area contributed by atoms with Crippen molar-refractivity contribution < 1.29 is 29.0 Å². The maximum Gasteiger partial charge on any atom is 0.270 e. The largest absolute Gasteiger partial charge is 0.391 e. The number of benzene rings is 2. The quantitative estimate of drug-likeness (QED) is 0.0389. The first-order valence-corrected chi connectivity index (χ1v) is 34.7. The van der Waals surface area contributed by atoms with Gasteiger partial charge >= 0.3 is 0 Å². The number of aliphatic hydroxyl groups is 1. The normalized spacial score (nSPS) is 25.1. The van der Waals surface area contributed by atoms with Crippen molar-refractivity contribution in [2.45, 2.75) is 195 Å². The molecule has 92 heavy (non-hydrogen) atoms. The molecule has 2 aromatic carbocycles. The number of hydrogen-bond acceptors (Lipinski definition) is 17. The Kier molecular flexibility index (Phi) is 17.2. The van der Waals surface area contributed by atoms with Gasteiger partial charge in [0.05, 0.1) is 57.0 Å². The third-order valence-corrected chi connectivity index (χ3v) is 22.5. The van der Waals surface area contributed by atoms with Crippen LogP contribution >= 0.6 is 22.7 Å². The van der Waals surface area contributed by atoms with Crippen molar-refractivity contribution in [2.24, 2.45) is 21.7 Å². The molecule has 7 aromatic rings. The number of carbonyl (C=O) groups is 4. The van der Waals surface area contributed by atoms with Crippen LogP contribution in [0.5, 0.6) is 0 Å². The van der Waals surface area contributed by atoms with E-state index in [2.05, 4.69) is 57.0 Å². The van der Waals surface area contributed by atoms with Gasteiger partial charge in [0.2, 0.25) is 17.7 Å². The lowest BCUT2D eigenvalue weighted by Crippen LogP contribution is -2.64. The molecular formula is C70H88N14O6S2. The average Bonchev–Trinajstić information content (AvgIpc) is 0.785. The molecule has 6 fully saturated rings. The number of ether oxygens (including phenoxy) is 1. The minimum Gasteiger partial charge on any atom is -0.391 e. The van der Waals surface area contributed by atoms with Gasteiger partial charge in [0.1, 0.15) is 23.6 Å². The van der Waals surface area contributed by atoms with Crippen molar-refractivity contribution in [2.75, 3.05) is 36.6 Å². The summed E-state index contributed by atoms with van der Waals surface area (Å²) in [5.74, 6) is 0.0124. The number of pyridine rings is 1. The molecule has 0 spiro atoms. The number of rotatable bonds is 20. The molecule has 20 nitrogen and oxygen atoms in total. The van der Waals surface area contributed by atoms with Crippen LogP contribution in [0.15, 0.2) is 72.4 Å². The van der Waals surface area contributed by atoms with Gasteiger partial charge in [0.15, 0.2) is 16.8 Å². The first kappa shape index (κ1) is 63.5. The molecule has 5 saturated carbocycles. The summed E-state index contributed by atoms with van der Waals surface area (Å²) in [7, 11) is 0. The molecule has 7 aliphatic rings. The Balaban J connectivity index is 0.732. The zero-order chi connectivity index (χ0) is 64.5. The molecular weight excluding hydrogens is 1200 g/mol. The Morgan fingerprint density at radius 3 is 2.36 bits per heavy atom. The van der Waals surface area contributed by atoms with Gasteiger partial charge in [-0.15, -0.1) is 21.5 Å². The van der Waals surface area contributed by atoms with Crippen LogP contribution in [0.3, 0.4) is 0 Å². The summed E-state index contributed by atoms with van der Waals surface area (Å²) in [5, 5.41) is 42.6. The van der Waals surface area contributed by atoms with Gasteiger partial charge in [0.25, 0.3) is 5.91 Å². The average molecular weight is 1290 g/mol. The molecule has 14 rings (SSSR count). The van der Waals surface area contributed by atoms with E-state index in [1.54, 1.807) is 22.7 Å². The van der Waals surface area contributed by atoms with E-state index < -0.39 is 53.3 Å². The van der Waals surface area contributed by atoms with E-state index in [1.165, 1.54) is 37.0 Å². The monoisotopic (exact) mass is 1280 g/mol. The second kappa shape index (κ2) is 24.9. The number of anilines is 4. The van der Waals surface area contributed by atoms with Gasteiger partial charge in [-0.1, -0.05) is 95.2 Å². The predicted molar refractivity (Wildman–Crippen MR) is 359 cm³/mol. The number of carbonyl (C=O) groups excluding carboxylic acids is 4. The number of nitrogens with zero attached hydrogens (tertiary/aromatic N) is 9. The molecule has 6 atom stereocenters. The number of amides is 4. The van der Waals surface area contributed by atoms with Gasteiger partial charge in [-0.05, 0) is 149 Å². The molecule has 4 bridgehead atoms. The molecule has 2 unspecified atom stereocenters. The number of thiazole rings is 2. The van der Waals surface area contributed by atoms with E-state index in [0.29, 0.717) is 42.3 Å². The van der Waals surface area contributed by atoms with Crippen molar-refractivity contribution in [1.29, 1.82) is 0 Å². The predicted octanol–water partition coefficient (Wildman–Crippen LogP) is 11.3. The highest BCUT2D eigenvalue weighted by molar-refractivity contribution is 7.22. The molecule has 486 valence electrons. The summed E-state index contributed by atoms with van der Waals surface area (Å²) in [6, 6.07) is 18.0. The molecule has 6 N–H and O–H groups in total. The highest BCUT2D eigenvalue weighted by atomic mass is 32.1. The smallest absolute Gasteiger partial charge is 0.270 e. The number of hydrogen-bond donors (Lipinski definition) is 6.